The maximum atomic E-state index is 12.4. The zero-order chi connectivity index (χ0) is 17.6. The van der Waals surface area contributed by atoms with Gasteiger partial charge in [0, 0.05) is 12.3 Å². The number of thiol groups is 1. The largest absolute Gasteiger partial charge is 0.497 e. The summed E-state index contributed by atoms with van der Waals surface area (Å²) in [6.07, 6.45) is -0.685. The van der Waals surface area contributed by atoms with Crippen LogP contribution in [0.1, 0.15) is 26.3 Å². The Morgan fingerprint density at radius 2 is 1.83 bits per heavy atom. The van der Waals surface area contributed by atoms with Gasteiger partial charge in [0.2, 0.25) is 0 Å². The number of carboxylic acids is 1. The Morgan fingerprint density at radius 1 is 1.26 bits per heavy atom. The van der Waals surface area contributed by atoms with Crippen LogP contribution in [-0.2, 0) is 16.1 Å². The van der Waals surface area contributed by atoms with Crippen molar-refractivity contribution in [3.63, 3.8) is 0 Å². The molecule has 1 atom stereocenters. The van der Waals surface area contributed by atoms with Gasteiger partial charge in [-0.25, -0.2) is 9.59 Å². The van der Waals surface area contributed by atoms with Crippen LogP contribution in [0.15, 0.2) is 24.3 Å². The van der Waals surface area contributed by atoms with E-state index in [9.17, 15) is 14.7 Å². The number of ether oxygens (including phenoxy) is 2. The summed E-state index contributed by atoms with van der Waals surface area (Å²) in [5.74, 6) is -0.453. The van der Waals surface area contributed by atoms with Crippen molar-refractivity contribution in [1.82, 2.24) is 4.90 Å². The molecule has 0 aliphatic rings. The molecule has 7 heteroatoms. The number of hydrogen-bond acceptors (Lipinski definition) is 5. The van der Waals surface area contributed by atoms with Gasteiger partial charge >= 0.3 is 12.1 Å². The average molecular weight is 341 g/mol. The highest BCUT2D eigenvalue weighted by molar-refractivity contribution is 7.80. The molecule has 0 heterocycles. The van der Waals surface area contributed by atoms with Gasteiger partial charge < -0.3 is 14.6 Å². The second-order valence-corrected chi connectivity index (χ2v) is 6.36. The lowest BCUT2D eigenvalue weighted by molar-refractivity contribution is -0.142. The van der Waals surface area contributed by atoms with Crippen molar-refractivity contribution in [1.29, 1.82) is 0 Å². The lowest BCUT2D eigenvalue weighted by atomic mass is 10.1. The van der Waals surface area contributed by atoms with E-state index in [1.54, 1.807) is 52.1 Å². The van der Waals surface area contributed by atoms with E-state index >= 15 is 0 Å². The van der Waals surface area contributed by atoms with E-state index in [4.69, 9.17) is 9.47 Å². The molecule has 0 spiro atoms. The Balaban J connectivity index is 3.02. The number of hydrogen-bond donors (Lipinski definition) is 2. The van der Waals surface area contributed by atoms with Gasteiger partial charge in [-0.2, -0.15) is 12.6 Å². The van der Waals surface area contributed by atoms with E-state index in [0.717, 1.165) is 5.56 Å². The third-order valence-electron chi connectivity index (χ3n) is 2.97. The Kier molecular flexibility index (Phi) is 6.75. The van der Waals surface area contributed by atoms with Crippen molar-refractivity contribution in [3.8, 4) is 5.75 Å². The molecule has 0 aromatic heterocycles. The minimum Gasteiger partial charge on any atom is -0.497 e. The van der Waals surface area contributed by atoms with Crippen molar-refractivity contribution in [2.24, 2.45) is 0 Å². The number of nitrogens with zero attached hydrogens (tertiary/aromatic N) is 1. The van der Waals surface area contributed by atoms with Gasteiger partial charge in [0.15, 0.2) is 0 Å². The molecular formula is C16H23NO5S. The fourth-order valence-corrected chi connectivity index (χ4v) is 2.21. The number of benzene rings is 1. The van der Waals surface area contributed by atoms with Crippen LogP contribution in [0.3, 0.4) is 0 Å². The number of carboxylic acid groups (broad SMARTS) is 1. The van der Waals surface area contributed by atoms with Gasteiger partial charge in [-0.1, -0.05) is 12.1 Å². The standard InChI is InChI=1S/C16H23NO5S/c1-16(2,3)22-15(20)17(13(10-23)14(18)19)9-11-5-7-12(21-4)8-6-11/h5-8,13,23H,9-10H2,1-4H3,(H,18,19)/t13-/m1/s1. The summed E-state index contributed by atoms with van der Waals surface area (Å²) in [5, 5.41) is 9.33. The molecule has 0 aliphatic heterocycles. The fourth-order valence-electron chi connectivity index (χ4n) is 1.86. The zero-order valence-electron chi connectivity index (χ0n) is 13.8. The molecule has 1 aromatic carbocycles. The van der Waals surface area contributed by atoms with Crippen molar-refractivity contribution in [2.75, 3.05) is 12.9 Å². The number of methoxy groups -OCH3 is 1. The molecule has 23 heavy (non-hydrogen) atoms. The maximum absolute atomic E-state index is 12.4. The van der Waals surface area contributed by atoms with Crippen LogP contribution >= 0.6 is 12.6 Å². The van der Waals surface area contributed by atoms with Crippen LogP contribution < -0.4 is 4.74 Å². The lowest BCUT2D eigenvalue weighted by Gasteiger charge is -2.31. The molecular weight excluding hydrogens is 318 g/mol. The van der Waals surface area contributed by atoms with Gasteiger partial charge in [0.05, 0.1) is 7.11 Å². The molecule has 0 fully saturated rings. The van der Waals surface area contributed by atoms with E-state index in [0.29, 0.717) is 5.75 Å². The first-order valence-corrected chi connectivity index (χ1v) is 7.77. The quantitative estimate of drug-likeness (QED) is 0.778. The zero-order valence-corrected chi connectivity index (χ0v) is 14.7. The first-order chi connectivity index (χ1) is 10.7. The van der Waals surface area contributed by atoms with E-state index in [1.807, 2.05) is 0 Å². The van der Waals surface area contributed by atoms with Crippen molar-refractivity contribution < 1.29 is 24.2 Å². The first kappa shape index (κ1) is 19.2. The van der Waals surface area contributed by atoms with E-state index in [-0.39, 0.29) is 12.3 Å². The van der Waals surface area contributed by atoms with Crippen molar-refractivity contribution in [2.45, 2.75) is 39.0 Å². The van der Waals surface area contributed by atoms with Crippen LogP contribution in [0.25, 0.3) is 0 Å². The van der Waals surface area contributed by atoms with Crippen LogP contribution in [0.5, 0.6) is 5.75 Å². The molecule has 0 saturated heterocycles. The maximum Gasteiger partial charge on any atom is 0.411 e. The predicted molar refractivity (Wildman–Crippen MR) is 90.0 cm³/mol. The molecule has 128 valence electrons. The molecule has 0 unspecified atom stereocenters. The molecule has 1 N–H and O–H groups in total. The molecule has 1 amide bonds. The van der Waals surface area contributed by atoms with Crippen LogP contribution in [-0.4, -0.2) is 46.6 Å². The minimum absolute atomic E-state index is 0.00920. The molecule has 0 bridgehead atoms. The normalized spacial score (nSPS) is 12.4. The number of carbonyl (C=O) groups excluding carboxylic acids is 1. The van der Waals surface area contributed by atoms with E-state index < -0.39 is 23.7 Å². The molecule has 0 saturated carbocycles. The highest BCUT2D eigenvalue weighted by Crippen LogP contribution is 2.18. The summed E-state index contributed by atoms with van der Waals surface area (Å²) in [5.41, 5.74) is 0.0548. The van der Waals surface area contributed by atoms with Crippen LogP contribution in [0.4, 0.5) is 4.79 Å². The Morgan fingerprint density at radius 3 is 2.22 bits per heavy atom. The summed E-state index contributed by atoms with van der Waals surface area (Å²) < 4.78 is 10.4. The number of rotatable bonds is 6. The SMILES string of the molecule is COc1ccc(CN(C(=O)OC(C)(C)C)[C@H](CS)C(=O)O)cc1. The van der Waals surface area contributed by atoms with Gasteiger partial charge in [-0.3, -0.25) is 4.90 Å². The van der Waals surface area contributed by atoms with Crippen molar-refractivity contribution in [3.05, 3.63) is 29.8 Å². The minimum atomic E-state index is -1.13. The van der Waals surface area contributed by atoms with Crippen LogP contribution in [0.2, 0.25) is 0 Å². The van der Waals surface area contributed by atoms with Crippen molar-refractivity contribution >= 4 is 24.7 Å². The summed E-state index contributed by atoms with van der Waals surface area (Å²) in [4.78, 5) is 25.0. The summed E-state index contributed by atoms with van der Waals surface area (Å²) in [7, 11) is 1.56. The lowest BCUT2D eigenvalue weighted by Crippen LogP contribution is -2.47. The molecule has 0 radical (unpaired) electrons. The van der Waals surface area contributed by atoms with Gasteiger partial charge in [0.25, 0.3) is 0 Å². The number of amides is 1. The van der Waals surface area contributed by atoms with Gasteiger partial charge in [-0.15, -0.1) is 0 Å². The number of carbonyl (C=O) groups is 2. The van der Waals surface area contributed by atoms with Gasteiger partial charge in [0.1, 0.15) is 17.4 Å². The highest BCUT2D eigenvalue weighted by Gasteiger charge is 2.32. The molecule has 0 aliphatic carbocycles. The first-order valence-electron chi connectivity index (χ1n) is 7.14. The topological polar surface area (TPSA) is 76.1 Å². The monoisotopic (exact) mass is 341 g/mol. The molecule has 1 aromatic rings. The number of aliphatic carboxylic acids is 1. The van der Waals surface area contributed by atoms with Crippen LogP contribution in [0, 0.1) is 0 Å². The molecule has 1 rings (SSSR count). The molecule has 6 nitrogen and oxygen atoms in total. The van der Waals surface area contributed by atoms with E-state index in [1.165, 1.54) is 4.90 Å². The smallest absolute Gasteiger partial charge is 0.411 e. The van der Waals surface area contributed by atoms with Gasteiger partial charge in [-0.05, 0) is 38.5 Å². The second-order valence-electron chi connectivity index (χ2n) is 5.99. The summed E-state index contributed by atoms with van der Waals surface area (Å²) >= 11 is 4.05. The fraction of sp³-hybridized carbons (Fsp3) is 0.500. The Hall–Kier alpha value is -1.89. The predicted octanol–water partition coefficient (Wildman–Crippen LogP) is 2.82. The third kappa shape index (κ3) is 6.02. The third-order valence-corrected chi connectivity index (χ3v) is 3.32. The summed E-state index contributed by atoms with van der Waals surface area (Å²) in [6.45, 7) is 5.29. The average Bonchev–Trinajstić information content (AvgIpc) is 2.45. The Bertz CT molecular complexity index is 538. The van der Waals surface area contributed by atoms with E-state index in [2.05, 4.69) is 12.6 Å². The second kappa shape index (κ2) is 8.10. The Labute approximate surface area is 141 Å². The highest BCUT2D eigenvalue weighted by atomic mass is 32.1. The summed E-state index contributed by atoms with van der Waals surface area (Å²) in [6, 6.07) is 5.97.